The lowest BCUT2D eigenvalue weighted by atomic mass is 10.1. The monoisotopic (exact) mass is 372 g/mol. The van der Waals surface area contributed by atoms with Crippen LogP contribution < -0.4 is 5.32 Å². The van der Waals surface area contributed by atoms with Crippen LogP contribution in [-0.2, 0) is 11.3 Å². The van der Waals surface area contributed by atoms with E-state index in [2.05, 4.69) is 20.3 Å². The number of aromatic nitrogens is 1. The molecule has 4 rings (SSSR count). The van der Waals surface area contributed by atoms with E-state index in [-0.39, 0.29) is 11.7 Å². The molecule has 0 atom stereocenters. The molecule has 0 unspecified atom stereocenters. The Morgan fingerprint density at radius 2 is 1.85 bits per heavy atom. The Bertz CT molecular complexity index is 793. The summed E-state index contributed by atoms with van der Waals surface area (Å²) < 4.78 is 18.6. The maximum Gasteiger partial charge on any atom is 0.234 e. The molecule has 1 amide bonds. The van der Waals surface area contributed by atoms with Gasteiger partial charge in [0.25, 0.3) is 0 Å². The maximum absolute atomic E-state index is 13.1. The summed E-state index contributed by atoms with van der Waals surface area (Å²) in [5, 5.41) is 7.27. The largest absolute Gasteiger partial charge is 0.356 e. The molecule has 144 valence electrons. The van der Waals surface area contributed by atoms with Crippen LogP contribution in [-0.4, -0.2) is 59.6 Å². The second-order valence-electron chi connectivity index (χ2n) is 7.48. The molecule has 0 bridgehead atoms. The number of hydrogen-bond donors (Lipinski definition) is 1. The van der Waals surface area contributed by atoms with E-state index in [1.165, 1.54) is 12.1 Å². The molecule has 1 N–H and O–H groups in total. The first-order chi connectivity index (χ1) is 13.1. The molecule has 1 saturated carbocycles. The van der Waals surface area contributed by atoms with E-state index in [1.54, 1.807) is 12.1 Å². The summed E-state index contributed by atoms with van der Waals surface area (Å²) in [6.45, 7) is 6.74. The minimum atomic E-state index is -0.264. The lowest BCUT2D eigenvalue weighted by Gasteiger charge is -2.33. The van der Waals surface area contributed by atoms with Crippen LogP contribution in [0.5, 0.6) is 0 Å². The van der Waals surface area contributed by atoms with Gasteiger partial charge in [0.1, 0.15) is 11.5 Å². The van der Waals surface area contributed by atoms with Crippen LogP contribution in [0, 0.1) is 12.7 Å². The van der Waals surface area contributed by atoms with Gasteiger partial charge in [0.15, 0.2) is 5.76 Å². The molecular formula is C20H25FN4O2. The molecule has 1 aliphatic carbocycles. The molecular weight excluding hydrogens is 347 g/mol. The predicted octanol–water partition coefficient (Wildman–Crippen LogP) is 2.19. The van der Waals surface area contributed by atoms with Gasteiger partial charge in [-0.1, -0.05) is 5.16 Å². The Balaban J connectivity index is 1.30. The summed E-state index contributed by atoms with van der Waals surface area (Å²) in [6, 6.07) is 6.69. The van der Waals surface area contributed by atoms with E-state index in [1.807, 2.05) is 6.92 Å². The number of amides is 1. The van der Waals surface area contributed by atoms with E-state index in [4.69, 9.17) is 4.52 Å². The highest BCUT2D eigenvalue weighted by Gasteiger charge is 2.26. The average molecular weight is 372 g/mol. The molecule has 27 heavy (non-hydrogen) atoms. The quantitative estimate of drug-likeness (QED) is 0.842. The second kappa shape index (κ2) is 7.78. The van der Waals surface area contributed by atoms with Crippen LogP contribution in [0.3, 0.4) is 0 Å². The smallest absolute Gasteiger partial charge is 0.234 e. The molecule has 1 aromatic heterocycles. The highest BCUT2D eigenvalue weighted by atomic mass is 19.1. The average Bonchev–Trinajstić information content (AvgIpc) is 3.40. The van der Waals surface area contributed by atoms with Gasteiger partial charge in [0.05, 0.1) is 6.54 Å². The molecule has 1 saturated heterocycles. The number of rotatable bonds is 6. The first-order valence-electron chi connectivity index (χ1n) is 9.53. The predicted molar refractivity (Wildman–Crippen MR) is 99.5 cm³/mol. The van der Waals surface area contributed by atoms with Gasteiger partial charge in [-0.2, -0.15) is 0 Å². The second-order valence-corrected chi connectivity index (χ2v) is 7.48. The summed E-state index contributed by atoms with van der Waals surface area (Å²) >= 11 is 0. The topological polar surface area (TPSA) is 61.6 Å². The van der Waals surface area contributed by atoms with Crippen molar-refractivity contribution in [2.24, 2.45) is 0 Å². The third-order valence-corrected chi connectivity index (χ3v) is 5.27. The normalized spacial score (nSPS) is 18.6. The number of carbonyl (C=O) groups is 1. The lowest BCUT2D eigenvalue weighted by Crippen LogP contribution is -2.49. The van der Waals surface area contributed by atoms with Gasteiger partial charge in [-0.05, 0) is 44.0 Å². The van der Waals surface area contributed by atoms with Crippen molar-refractivity contribution in [1.82, 2.24) is 20.3 Å². The molecule has 2 fully saturated rings. The van der Waals surface area contributed by atoms with Crippen molar-refractivity contribution in [3.05, 3.63) is 41.3 Å². The number of piperazine rings is 1. The summed E-state index contributed by atoms with van der Waals surface area (Å²) in [5.74, 6) is 0.572. The van der Waals surface area contributed by atoms with Crippen molar-refractivity contribution in [2.75, 3.05) is 32.7 Å². The van der Waals surface area contributed by atoms with Crippen LogP contribution in [0.4, 0.5) is 4.39 Å². The van der Waals surface area contributed by atoms with Gasteiger partial charge in [0.2, 0.25) is 5.91 Å². The number of nitrogens with one attached hydrogen (secondary N) is 1. The van der Waals surface area contributed by atoms with Crippen molar-refractivity contribution in [1.29, 1.82) is 0 Å². The van der Waals surface area contributed by atoms with E-state index < -0.39 is 0 Å². The Morgan fingerprint density at radius 3 is 2.52 bits per heavy atom. The molecule has 7 heteroatoms. The summed E-state index contributed by atoms with van der Waals surface area (Å²) in [6.07, 6.45) is 2.24. The van der Waals surface area contributed by atoms with Gasteiger partial charge in [-0.3, -0.25) is 14.6 Å². The fourth-order valence-corrected chi connectivity index (χ4v) is 3.41. The van der Waals surface area contributed by atoms with Gasteiger partial charge in [0, 0.05) is 49.9 Å². The minimum absolute atomic E-state index is 0.141. The van der Waals surface area contributed by atoms with Gasteiger partial charge >= 0.3 is 0 Å². The fraction of sp³-hybridized carbons (Fsp3) is 0.500. The fourth-order valence-electron chi connectivity index (χ4n) is 3.41. The highest BCUT2D eigenvalue weighted by molar-refractivity contribution is 5.78. The van der Waals surface area contributed by atoms with Crippen molar-refractivity contribution in [3.63, 3.8) is 0 Å². The van der Waals surface area contributed by atoms with E-state index in [0.29, 0.717) is 18.3 Å². The molecule has 1 aliphatic heterocycles. The Kier molecular flexibility index (Phi) is 5.22. The van der Waals surface area contributed by atoms with E-state index in [9.17, 15) is 9.18 Å². The minimum Gasteiger partial charge on any atom is -0.356 e. The van der Waals surface area contributed by atoms with Crippen molar-refractivity contribution >= 4 is 5.91 Å². The molecule has 6 nitrogen and oxygen atoms in total. The Labute approximate surface area is 158 Å². The third kappa shape index (κ3) is 4.54. The first-order valence-corrected chi connectivity index (χ1v) is 9.53. The number of carbonyl (C=O) groups excluding carboxylic acids is 1. The summed E-state index contributed by atoms with van der Waals surface area (Å²) in [4.78, 5) is 16.5. The maximum atomic E-state index is 13.1. The molecule has 1 aromatic carbocycles. The molecule has 2 heterocycles. The summed E-state index contributed by atoms with van der Waals surface area (Å²) in [5.41, 5.74) is 2.74. The highest BCUT2D eigenvalue weighted by Crippen LogP contribution is 2.26. The third-order valence-electron chi connectivity index (χ3n) is 5.27. The van der Waals surface area contributed by atoms with Crippen molar-refractivity contribution in [2.45, 2.75) is 32.4 Å². The van der Waals surface area contributed by atoms with Gasteiger partial charge in [-0.15, -0.1) is 0 Å². The van der Waals surface area contributed by atoms with Crippen LogP contribution in [0.25, 0.3) is 11.3 Å². The van der Waals surface area contributed by atoms with Gasteiger partial charge < -0.3 is 9.84 Å². The zero-order valence-corrected chi connectivity index (χ0v) is 15.6. The molecule has 0 spiro atoms. The Hall–Kier alpha value is -2.25. The zero-order valence-electron chi connectivity index (χ0n) is 15.6. The van der Waals surface area contributed by atoms with Crippen LogP contribution in [0.2, 0.25) is 0 Å². The van der Waals surface area contributed by atoms with Crippen LogP contribution in [0.1, 0.15) is 24.1 Å². The van der Waals surface area contributed by atoms with E-state index >= 15 is 0 Å². The van der Waals surface area contributed by atoms with Crippen molar-refractivity contribution in [3.8, 4) is 11.3 Å². The van der Waals surface area contributed by atoms with Crippen LogP contribution >= 0.6 is 0 Å². The molecule has 2 aliphatic rings. The van der Waals surface area contributed by atoms with Crippen LogP contribution in [0.15, 0.2) is 28.8 Å². The van der Waals surface area contributed by atoms with Crippen molar-refractivity contribution < 1.29 is 13.7 Å². The zero-order chi connectivity index (χ0) is 18.8. The van der Waals surface area contributed by atoms with E-state index in [0.717, 1.165) is 62.4 Å². The standard InChI is InChI=1S/C20H25FN4O2/c1-14-18(23-27-20(14)15-2-4-16(21)5-3-15)12-24-8-10-25(11-9-24)13-19(26)22-17-6-7-17/h2-5,17H,6-13H2,1H3,(H,22,26). The number of hydrogen-bond acceptors (Lipinski definition) is 5. The Morgan fingerprint density at radius 1 is 1.19 bits per heavy atom. The SMILES string of the molecule is Cc1c(CN2CCN(CC(=O)NC3CC3)CC2)noc1-c1ccc(F)cc1. The number of benzene rings is 1. The lowest BCUT2D eigenvalue weighted by molar-refractivity contribution is -0.122. The molecule has 0 radical (unpaired) electrons. The summed E-state index contributed by atoms with van der Waals surface area (Å²) in [7, 11) is 0. The van der Waals surface area contributed by atoms with Gasteiger partial charge in [-0.25, -0.2) is 4.39 Å². The first kappa shape index (κ1) is 18.1. The number of nitrogens with zero attached hydrogens (tertiary/aromatic N) is 3. The molecule has 2 aromatic rings. The number of halogens is 1.